The number of esters is 1. The Morgan fingerprint density at radius 2 is 1.53 bits per heavy atom. The van der Waals surface area contributed by atoms with Gasteiger partial charge < -0.3 is 19.6 Å². The van der Waals surface area contributed by atoms with E-state index in [1.54, 1.807) is 0 Å². The largest absolute Gasteiger partial charge is 0.478 e. The van der Waals surface area contributed by atoms with E-state index in [9.17, 15) is 14.2 Å². The van der Waals surface area contributed by atoms with E-state index in [1.165, 1.54) is 13.8 Å². The number of ether oxygens (including phenoxy) is 1. The number of carboxylic acids is 1. The first-order valence-electron chi connectivity index (χ1n) is 4.89. The normalized spacial score (nSPS) is 9.89. The lowest BCUT2D eigenvalue weighted by Gasteiger charge is -2.05. The van der Waals surface area contributed by atoms with Crippen LogP contribution in [0.2, 0.25) is 0 Å². The smallest absolute Gasteiger partial charge is 0.469 e. The molecule has 0 saturated heterocycles. The maximum Gasteiger partial charge on any atom is 0.469 e. The zero-order chi connectivity index (χ0) is 15.6. The van der Waals surface area contributed by atoms with Crippen molar-refractivity contribution in [2.45, 2.75) is 13.8 Å². The third kappa shape index (κ3) is 16.5. The fourth-order valence-corrected chi connectivity index (χ4v) is 0.726. The molecule has 19 heavy (non-hydrogen) atoms. The van der Waals surface area contributed by atoms with Gasteiger partial charge in [-0.1, -0.05) is 13.2 Å². The van der Waals surface area contributed by atoms with Gasteiger partial charge in [0, 0.05) is 11.1 Å². The Morgan fingerprint density at radius 3 is 1.79 bits per heavy atom. The monoisotopic (exact) mass is 296 g/mol. The van der Waals surface area contributed by atoms with E-state index in [0.717, 1.165) is 0 Å². The Balaban J connectivity index is 0. The zero-order valence-electron chi connectivity index (χ0n) is 10.7. The Kier molecular flexibility index (Phi) is 9.89. The van der Waals surface area contributed by atoms with Gasteiger partial charge in [0.2, 0.25) is 0 Å². The van der Waals surface area contributed by atoms with Gasteiger partial charge in [-0.15, -0.1) is 0 Å². The fourth-order valence-electron chi connectivity index (χ4n) is 0.414. The molecule has 9 heteroatoms. The minimum absolute atomic E-state index is 0.176. The van der Waals surface area contributed by atoms with Crippen molar-refractivity contribution >= 4 is 19.8 Å². The summed E-state index contributed by atoms with van der Waals surface area (Å²) < 4.78 is 18.6. The minimum Gasteiger partial charge on any atom is -0.478 e. The fraction of sp³-hybridized carbons (Fsp3) is 0.400. The van der Waals surface area contributed by atoms with Crippen molar-refractivity contribution in [2.75, 3.05) is 13.2 Å². The standard InChI is InChI=1S/C6H11O6P.C4H6O2/c1-5(2)6(7)11-3-4-12-13(8,9)10;1-3(2)4(5)6/h1,3-4H2,2H3,(H2,8,9,10);1H2,2H3,(H,5,6). The Morgan fingerprint density at radius 1 is 1.11 bits per heavy atom. The van der Waals surface area contributed by atoms with Crippen LogP contribution in [0.5, 0.6) is 0 Å². The molecular weight excluding hydrogens is 279 g/mol. The van der Waals surface area contributed by atoms with Crippen molar-refractivity contribution in [1.29, 1.82) is 0 Å². The molecule has 0 aliphatic rings. The van der Waals surface area contributed by atoms with Crippen LogP contribution in [0.25, 0.3) is 0 Å². The van der Waals surface area contributed by atoms with E-state index >= 15 is 0 Å². The molecule has 0 aliphatic carbocycles. The van der Waals surface area contributed by atoms with Gasteiger partial charge in [-0.3, -0.25) is 4.52 Å². The predicted octanol–water partition coefficient (Wildman–Crippen LogP) is 0.862. The van der Waals surface area contributed by atoms with Crippen molar-refractivity contribution in [3.8, 4) is 0 Å². The maximum atomic E-state index is 10.7. The van der Waals surface area contributed by atoms with Gasteiger partial charge in [0.05, 0.1) is 6.61 Å². The number of phosphoric acid groups is 1. The average molecular weight is 296 g/mol. The summed E-state index contributed by atoms with van der Waals surface area (Å²) in [7, 11) is -4.46. The van der Waals surface area contributed by atoms with Crippen molar-refractivity contribution in [1.82, 2.24) is 0 Å². The highest BCUT2D eigenvalue weighted by Crippen LogP contribution is 2.35. The van der Waals surface area contributed by atoms with Crippen molar-refractivity contribution < 1.29 is 38.3 Å². The first-order valence-corrected chi connectivity index (χ1v) is 6.42. The molecule has 0 aromatic carbocycles. The van der Waals surface area contributed by atoms with Gasteiger partial charge in [0.25, 0.3) is 0 Å². The van der Waals surface area contributed by atoms with Crippen LogP contribution in [0.4, 0.5) is 0 Å². The number of hydrogen-bond donors (Lipinski definition) is 3. The molecule has 0 fully saturated rings. The third-order valence-electron chi connectivity index (χ3n) is 1.29. The van der Waals surface area contributed by atoms with Crippen LogP contribution in [0.1, 0.15) is 13.8 Å². The Hall–Kier alpha value is -1.47. The van der Waals surface area contributed by atoms with Gasteiger partial charge >= 0.3 is 19.8 Å². The molecule has 0 amide bonds. The molecule has 3 N–H and O–H groups in total. The van der Waals surface area contributed by atoms with Crippen LogP contribution in [0.3, 0.4) is 0 Å². The number of hydrogen-bond acceptors (Lipinski definition) is 5. The van der Waals surface area contributed by atoms with Crippen LogP contribution >= 0.6 is 7.82 Å². The molecule has 0 aromatic heterocycles. The molecule has 0 radical (unpaired) electrons. The number of aliphatic carboxylic acids is 1. The molecule has 0 atom stereocenters. The second kappa shape index (κ2) is 9.46. The number of carbonyl (C=O) groups is 2. The van der Waals surface area contributed by atoms with Crippen LogP contribution in [-0.2, 0) is 23.4 Å². The topological polar surface area (TPSA) is 130 Å². The SMILES string of the molecule is C=C(C)C(=O)O.C=C(C)C(=O)OCCOP(=O)(O)O. The molecule has 0 unspecified atom stereocenters. The van der Waals surface area contributed by atoms with Gasteiger partial charge in [0.1, 0.15) is 6.61 Å². The van der Waals surface area contributed by atoms with Crippen molar-refractivity contribution in [2.24, 2.45) is 0 Å². The molecule has 0 aromatic rings. The molecule has 0 spiro atoms. The van der Waals surface area contributed by atoms with E-state index in [0.29, 0.717) is 0 Å². The molecular formula is C10H17O8P. The molecule has 0 bridgehead atoms. The summed E-state index contributed by atoms with van der Waals surface area (Å²) in [5.74, 6) is -1.55. The lowest BCUT2D eigenvalue weighted by atomic mass is 10.4. The molecule has 8 nitrogen and oxygen atoms in total. The van der Waals surface area contributed by atoms with E-state index in [4.69, 9.17) is 14.9 Å². The average Bonchev–Trinajstić information content (AvgIpc) is 2.23. The molecule has 0 saturated carbocycles. The summed E-state index contributed by atoms with van der Waals surface area (Å²) in [4.78, 5) is 36.7. The third-order valence-corrected chi connectivity index (χ3v) is 1.81. The highest BCUT2D eigenvalue weighted by Gasteiger charge is 2.13. The predicted molar refractivity (Wildman–Crippen MR) is 66.2 cm³/mol. The van der Waals surface area contributed by atoms with E-state index in [2.05, 4.69) is 22.4 Å². The van der Waals surface area contributed by atoms with Gasteiger partial charge in [-0.2, -0.15) is 0 Å². The first-order chi connectivity index (χ1) is 8.47. The Labute approximate surface area is 110 Å². The quantitative estimate of drug-likeness (QED) is 0.285. The molecule has 0 rings (SSSR count). The van der Waals surface area contributed by atoms with Gasteiger partial charge in [0.15, 0.2) is 0 Å². The number of carboxylic acid groups (broad SMARTS) is 1. The zero-order valence-corrected chi connectivity index (χ0v) is 11.6. The van der Waals surface area contributed by atoms with Crippen molar-refractivity contribution in [3.63, 3.8) is 0 Å². The summed E-state index contributed by atoms with van der Waals surface area (Å²) >= 11 is 0. The van der Waals surface area contributed by atoms with E-state index in [1.807, 2.05) is 0 Å². The number of phosphoric ester groups is 1. The van der Waals surface area contributed by atoms with Crippen LogP contribution in [0.15, 0.2) is 24.3 Å². The summed E-state index contributed by atoms with van der Waals surface area (Å²) in [5.41, 5.74) is 0.395. The molecule has 0 aliphatic heterocycles. The van der Waals surface area contributed by atoms with E-state index < -0.39 is 19.8 Å². The highest BCUT2D eigenvalue weighted by atomic mass is 31.2. The first kappa shape index (κ1) is 19.9. The summed E-state index contributed by atoms with van der Waals surface area (Å²) in [6.07, 6.45) is 0. The highest BCUT2D eigenvalue weighted by molar-refractivity contribution is 7.46. The second-order valence-electron chi connectivity index (χ2n) is 3.33. The van der Waals surface area contributed by atoms with Crippen LogP contribution in [0, 0.1) is 0 Å². The van der Waals surface area contributed by atoms with Crippen LogP contribution in [-0.4, -0.2) is 40.0 Å². The van der Waals surface area contributed by atoms with Gasteiger partial charge in [-0.05, 0) is 13.8 Å². The van der Waals surface area contributed by atoms with Crippen LogP contribution < -0.4 is 0 Å². The Bertz CT molecular complexity index is 382. The number of rotatable bonds is 6. The maximum absolute atomic E-state index is 10.7. The lowest BCUT2D eigenvalue weighted by Crippen LogP contribution is -2.10. The van der Waals surface area contributed by atoms with E-state index in [-0.39, 0.29) is 24.4 Å². The van der Waals surface area contributed by atoms with Crippen molar-refractivity contribution in [3.05, 3.63) is 24.3 Å². The second-order valence-corrected chi connectivity index (χ2v) is 4.56. The minimum atomic E-state index is -4.46. The molecule has 0 heterocycles. The molecule has 110 valence electrons. The lowest BCUT2D eigenvalue weighted by molar-refractivity contribution is -0.139. The summed E-state index contributed by atoms with van der Waals surface area (Å²) in [5, 5.41) is 7.89. The summed E-state index contributed by atoms with van der Waals surface area (Å²) in [6.45, 7) is 8.82. The number of carbonyl (C=O) groups excluding carboxylic acids is 1. The summed E-state index contributed by atoms with van der Waals surface area (Å²) in [6, 6.07) is 0. The van der Waals surface area contributed by atoms with Gasteiger partial charge in [-0.25, -0.2) is 14.2 Å².